The minimum absolute atomic E-state index is 0.162. The van der Waals surface area contributed by atoms with Crippen LogP contribution >= 0.6 is 11.8 Å². The van der Waals surface area contributed by atoms with Crippen LogP contribution in [0, 0.1) is 5.92 Å². The number of carbonyl (C=O) groups excluding carboxylic acids is 2. The maximum Gasteiger partial charge on any atom is 0.368 e. The summed E-state index contributed by atoms with van der Waals surface area (Å²) in [4.78, 5) is 27.3. The van der Waals surface area contributed by atoms with Crippen LogP contribution in [0.1, 0.15) is 53.0 Å². The van der Waals surface area contributed by atoms with E-state index in [1.165, 1.54) is 22.5 Å². The van der Waals surface area contributed by atoms with Crippen molar-refractivity contribution in [3.8, 4) is 0 Å². The lowest BCUT2D eigenvalue weighted by Crippen LogP contribution is -2.41. The highest BCUT2D eigenvalue weighted by Gasteiger charge is 2.31. The van der Waals surface area contributed by atoms with Gasteiger partial charge < -0.3 is 15.0 Å². The van der Waals surface area contributed by atoms with E-state index in [2.05, 4.69) is 49.5 Å². The van der Waals surface area contributed by atoms with E-state index in [1.54, 1.807) is 0 Å². The number of nitrogens with zero attached hydrogens (tertiary/aromatic N) is 1. The highest BCUT2D eigenvalue weighted by molar-refractivity contribution is 8.13. The quantitative estimate of drug-likeness (QED) is 0.549. The lowest BCUT2D eigenvalue weighted by molar-refractivity contribution is -0.132. The zero-order valence-corrected chi connectivity index (χ0v) is 20.7. The van der Waals surface area contributed by atoms with Crippen LogP contribution < -0.4 is 5.32 Å². The molecule has 0 saturated carbocycles. The largest absolute Gasteiger partial charge is 0.452 e. The molecule has 0 spiro atoms. The van der Waals surface area contributed by atoms with E-state index >= 15 is 0 Å². The molecule has 1 aliphatic rings. The van der Waals surface area contributed by atoms with Crippen LogP contribution in [0.3, 0.4) is 0 Å². The van der Waals surface area contributed by atoms with Gasteiger partial charge in [0.1, 0.15) is 5.60 Å². The fraction of sp³-hybridized carbons (Fsp3) is 0.538. The predicted molar refractivity (Wildman–Crippen MR) is 133 cm³/mol. The fourth-order valence-corrected chi connectivity index (χ4v) is 5.13. The first-order valence-corrected chi connectivity index (χ1v) is 12.4. The van der Waals surface area contributed by atoms with E-state index in [9.17, 15) is 9.59 Å². The molecule has 174 valence electrons. The maximum atomic E-state index is 13.1. The van der Waals surface area contributed by atoms with Crippen LogP contribution in [0.2, 0.25) is 0 Å². The number of hydrogen-bond acceptors (Lipinski definition) is 5. The first kappa shape index (κ1) is 24.6. The van der Waals surface area contributed by atoms with Crippen molar-refractivity contribution in [2.75, 3.05) is 13.1 Å². The molecule has 0 aliphatic carbocycles. The summed E-state index contributed by atoms with van der Waals surface area (Å²) in [5.74, 6) is 0.488. The number of hydrogen-bond donors (Lipinski definition) is 1. The van der Waals surface area contributed by atoms with Gasteiger partial charge in [0.2, 0.25) is 5.91 Å². The van der Waals surface area contributed by atoms with Gasteiger partial charge in [-0.15, -0.1) is 0 Å². The molecule has 1 amide bonds. The minimum Gasteiger partial charge on any atom is -0.452 e. The average molecular weight is 457 g/mol. The molecule has 1 saturated heterocycles. The topological polar surface area (TPSA) is 58.6 Å². The predicted octanol–water partition coefficient (Wildman–Crippen LogP) is 5.61. The summed E-state index contributed by atoms with van der Waals surface area (Å²) < 4.78 is 5.45. The zero-order valence-electron chi connectivity index (χ0n) is 19.9. The van der Waals surface area contributed by atoms with Crippen molar-refractivity contribution in [2.24, 2.45) is 5.92 Å². The Hall–Kier alpha value is -2.05. The number of amides is 1. The number of thioether (sulfide) groups is 1. The second-order valence-corrected chi connectivity index (χ2v) is 11.3. The van der Waals surface area contributed by atoms with E-state index in [1.807, 2.05) is 37.8 Å². The normalized spacial score (nSPS) is 18.8. The molecule has 2 atom stereocenters. The summed E-state index contributed by atoms with van der Waals surface area (Å²) in [5.41, 5.74) is 0.687. The lowest BCUT2D eigenvalue weighted by Gasteiger charge is -2.27. The van der Waals surface area contributed by atoms with E-state index in [4.69, 9.17) is 4.74 Å². The zero-order chi connectivity index (χ0) is 23.3. The Labute approximate surface area is 196 Å². The van der Waals surface area contributed by atoms with Crippen molar-refractivity contribution in [1.82, 2.24) is 10.2 Å². The molecule has 5 nitrogen and oxygen atoms in total. The summed E-state index contributed by atoms with van der Waals surface area (Å²) in [5, 5.41) is 5.83. The molecule has 1 aliphatic heterocycles. The molecule has 0 aromatic heterocycles. The number of rotatable bonds is 7. The summed E-state index contributed by atoms with van der Waals surface area (Å²) in [7, 11) is 0. The molecule has 32 heavy (non-hydrogen) atoms. The van der Waals surface area contributed by atoms with Crippen molar-refractivity contribution in [2.45, 2.75) is 70.9 Å². The van der Waals surface area contributed by atoms with E-state index in [0.717, 1.165) is 18.5 Å². The standard InChI is InChI=1S/C26H36N2O3S/c1-18(2)13-24(29)28(16-20-11-8-10-19-9-6-7-12-23(19)20)17-21-14-22(15-27-21)32-25(30)31-26(3,4)5/h6-12,18,21-22,27H,13-17H2,1-5H3/t21-,22-/m0/s1. The van der Waals surface area contributed by atoms with E-state index in [-0.39, 0.29) is 22.5 Å². The summed E-state index contributed by atoms with van der Waals surface area (Å²) in [6.07, 6.45) is 1.37. The molecule has 6 heteroatoms. The third-order valence-corrected chi connectivity index (χ3v) is 6.42. The van der Waals surface area contributed by atoms with Crippen LogP contribution in [0.4, 0.5) is 4.79 Å². The van der Waals surface area contributed by atoms with Gasteiger partial charge in [-0.1, -0.05) is 56.3 Å². The van der Waals surface area contributed by atoms with Gasteiger partial charge in [-0.3, -0.25) is 4.79 Å². The van der Waals surface area contributed by atoms with Gasteiger partial charge in [0.05, 0.1) is 0 Å². The Bertz CT molecular complexity index is 933. The van der Waals surface area contributed by atoms with Gasteiger partial charge in [0, 0.05) is 37.3 Å². The van der Waals surface area contributed by atoms with E-state index in [0.29, 0.717) is 25.4 Å². The molecular weight excluding hydrogens is 420 g/mol. The first-order valence-electron chi connectivity index (χ1n) is 11.5. The average Bonchev–Trinajstić information content (AvgIpc) is 3.12. The Kier molecular flexibility index (Phi) is 8.23. The van der Waals surface area contributed by atoms with Crippen LogP contribution in [-0.2, 0) is 16.1 Å². The van der Waals surface area contributed by atoms with Gasteiger partial charge in [0.25, 0.3) is 0 Å². The molecule has 1 N–H and O–H groups in total. The Morgan fingerprint density at radius 1 is 1.16 bits per heavy atom. The Morgan fingerprint density at radius 3 is 2.59 bits per heavy atom. The van der Waals surface area contributed by atoms with Gasteiger partial charge in [0.15, 0.2) is 0 Å². The maximum absolute atomic E-state index is 13.1. The van der Waals surface area contributed by atoms with Gasteiger partial charge in [-0.05, 0) is 61.2 Å². The van der Waals surface area contributed by atoms with Crippen LogP contribution in [-0.4, -0.2) is 46.1 Å². The lowest BCUT2D eigenvalue weighted by atomic mass is 10.0. The van der Waals surface area contributed by atoms with Crippen molar-refractivity contribution in [3.63, 3.8) is 0 Å². The molecule has 0 unspecified atom stereocenters. The highest BCUT2D eigenvalue weighted by atomic mass is 32.2. The van der Waals surface area contributed by atoms with Crippen LogP contribution in [0.25, 0.3) is 10.8 Å². The van der Waals surface area contributed by atoms with Crippen molar-refractivity contribution in [1.29, 1.82) is 0 Å². The molecule has 2 aromatic carbocycles. The van der Waals surface area contributed by atoms with Crippen molar-refractivity contribution >= 4 is 33.7 Å². The van der Waals surface area contributed by atoms with Gasteiger partial charge >= 0.3 is 5.30 Å². The smallest absolute Gasteiger partial charge is 0.368 e. The molecular formula is C26H36N2O3S. The molecule has 0 radical (unpaired) electrons. The number of fused-ring (bicyclic) bond motifs is 1. The van der Waals surface area contributed by atoms with Crippen molar-refractivity contribution < 1.29 is 14.3 Å². The van der Waals surface area contributed by atoms with Crippen LogP contribution in [0.15, 0.2) is 42.5 Å². The third kappa shape index (κ3) is 7.24. The number of carbonyl (C=O) groups is 2. The molecule has 0 bridgehead atoms. The first-order chi connectivity index (χ1) is 15.1. The van der Waals surface area contributed by atoms with E-state index < -0.39 is 5.60 Å². The fourth-order valence-electron chi connectivity index (χ4n) is 4.06. The molecule has 3 rings (SSSR count). The molecule has 2 aromatic rings. The SMILES string of the molecule is CC(C)CC(=O)N(Cc1cccc2ccccc12)C[C@@H]1C[C@H](SC(=O)OC(C)(C)C)CN1. The monoisotopic (exact) mass is 456 g/mol. The highest BCUT2D eigenvalue weighted by Crippen LogP contribution is 2.27. The Balaban J connectivity index is 1.67. The van der Waals surface area contributed by atoms with Gasteiger partial charge in [-0.2, -0.15) is 0 Å². The number of ether oxygens (including phenoxy) is 1. The number of nitrogens with one attached hydrogen (secondary N) is 1. The minimum atomic E-state index is -0.478. The van der Waals surface area contributed by atoms with Crippen molar-refractivity contribution in [3.05, 3.63) is 48.0 Å². The molecule has 1 fully saturated rings. The van der Waals surface area contributed by atoms with Gasteiger partial charge in [-0.25, -0.2) is 4.79 Å². The summed E-state index contributed by atoms with van der Waals surface area (Å²) >= 11 is 1.26. The second kappa shape index (κ2) is 10.7. The summed E-state index contributed by atoms with van der Waals surface area (Å²) in [6, 6.07) is 14.8. The Morgan fingerprint density at radius 2 is 1.88 bits per heavy atom. The molecule has 1 heterocycles. The third-order valence-electron chi connectivity index (χ3n) is 5.45. The van der Waals surface area contributed by atoms with Crippen LogP contribution in [0.5, 0.6) is 0 Å². The number of benzene rings is 2. The summed E-state index contributed by atoms with van der Waals surface area (Å²) in [6.45, 7) is 11.8. The second-order valence-electron chi connectivity index (χ2n) is 10.1.